The van der Waals surface area contributed by atoms with Gasteiger partial charge < -0.3 is 15.5 Å². The predicted octanol–water partition coefficient (Wildman–Crippen LogP) is 1.73. The number of hydrogen-bond donors (Lipinski definition) is 2. The van der Waals surface area contributed by atoms with Gasteiger partial charge in [0.1, 0.15) is 0 Å². The molecule has 0 amide bonds. The van der Waals surface area contributed by atoms with E-state index in [1.54, 1.807) is 7.05 Å². The lowest BCUT2D eigenvalue weighted by Gasteiger charge is -2.20. The molecule has 3 aromatic rings. The molecule has 0 unspecified atom stereocenters. The van der Waals surface area contributed by atoms with Gasteiger partial charge in [-0.15, -0.1) is 10.2 Å². The molecule has 0 bridgehead atoms. The van der Waals surface area contributed by atoms with Gasteiger partial charge in [0.15, 0.2) is 17.4 Å². The van der Waals surface area contributed by atoms with E-state index >= 15 is 0 Å². The van der Waals surface area contributed by atoms with Crippen molar-refractivity contribution in [1.29, 1.82) is 0 Å². The molecule has 0 aliphatic carbocycles. The summed E-state index contributed by atoms with van der Waals surface area (Å²) in [5.74, 6) is 1.59. The number of hydrogen-bond acceptors (Lipinski definition) is 5. The third-order valence-corrected chi connectivity index (χ3v) is 5.72. The second kappa shape index (κ2) is 10.4. The molecule has 31 heavy (non-hydrogen) atoms. The SMILES string of the molecule is CN=C(NCc1ccc(CN2CCCN(C)CC2)cc1)NCc1nnc2ccccn12. The molecule has 0 atom stereocenters. The molecule has 8 nitrogen and oxygen atoms in total. The van der Waals surface area contributed by atoms with E-state index < -0.39 is 0 Å². The maximum atomic E-state index is 4.32. The number of benzene rings is 1. The zero-order valence-electron chi connectivity index (χ0n) is 18.5. The van der Waals surface area contributed by atoms with E-state index in [0.717, 1.165) is 43.6 Å². The third-order valence-electron chi connectivity index (χ3n) is 5.72. The Bertz CT molecular complexity index is 994. The molecular weight excluding hydrogens is 388 g/mol. The van der Waals surface area contributed by atoms with Crippen molar-refractivity contribution in [3.8, 4) is 0 Å². The molecule has 0 radical (unpaired) electrons. The number of aliphatic imine (C=N–C) groups is 1. The van der Waals surface area contributed by atoms with Crippen LogP contribution in [0, 0.1) is 0 Å². The highest BCUT2D eigenvalue weighted by Gasteiger charge is 2.12. The predicted molar refractivity (Wildman–Crippen MR) is 124 cm³/mol. The van der Waals surface area contributed by atoms with E-state index in [1.165, 1.54) is 30.6 Å². The highest BCUT2D eigenvalue weighted by Crippen LogP contribution is 2.10. The molecule has 3 heterocycles. The summed E-state index contributed by atoms with van der Waals surface area (Å²) in [6.45, 7) is 6.96. The van der Waals surface area contributed by atoms with Crippen LogP contribution in [0.3, 0.4) is 0 Å². The largest absolute Gasteiger partial charge is 0.352 e. The molecule has 1 aliphatic heterocycles. The van der Waals surface area contributed by atoms with Gasteiger partial charge in [-0.2, -0.15) is 0 Å². The lowest BCUT2D eigenvalue weighted by Crippen LogP contribution is -2.36. The first-order chi connectivity index (χ1) is 15.2. The average molecular weight is 421 g/mol. The normalized spacial score (nSPS) is 16.4. The number of pyridine rings is 1. The van der Waals surface area contributed by atoms with Gasteiger partial charge in [0, 0.05) is 39.4 Å². The summed E-state index contributed by atoms with van der Waals surface area (Å²) in [4.78, 5) is 9.29. The standard InChI is InChI=1S/C23H32N8/c1-24-23(26-17-22-28-27-21-6-3-4-13-31(21)22)25-16-19-7-9-20(10-8-19)18-30-12-5-11-29(2)14-15-30/h3-4,6-10,13H,5,11-12,14-18H2,1-2H3,(H2,24,25,26). The monoisotopic (exact) mass is 420 g/mol. The number of fused-ring (bicyclic) bond motifs is 1. The Morgan fingerprint density at radius 3 is 2.58 bits per heavy atom. The van der Waals surface area contributed by atoms with Gasteiger partial charge in [-0.1, -0.05) is 30.3 Å². The minimum Gasteiger partial charge on any atom is -0.352 e. The van der Waals surface area contributed by atoms with Gasteiger partial charge in [0.25, 0.3) is 0 Å². The summed E-state index contributed by atoms with van der Waals surface area (Å²) in [6.07, 6.45) is 3.21. The number of nitrogens with one attached hydrogen (secondary N) is 2. The van der Waals surface area contributed by atoms with Crippen LogP contribution in [0.15, 0.2) is 53.7 Å². The van der Waals surface area contributed by atoms with E-state index in [4.69, 9.17) is 0 Å². The first-order valence-corrected chi connectivity index (χ1v) is 10.9. The topological polar surface area (TPSA) is 73.1 Å². The summed E-state index contributed by atoms with van der Waals surface area (Å²) in [6, 6.07) is 14.8. The molecular formula is C23H32N8. The van der Waals surface area contributed by atoms with Crippen molar-refractivity contribution in [2.45, 2.75) is 26.1 Å². The van der Waals surface area contributed by atoms with Crippen molar-refractivity contribution in [2.75, 3.05) is 40.3 Å². The second-order valence-corrected chi connectivity index (χ2v) is 8.07. The third kappa shape index (κ3) is 5.80. The molecule has 8 heteroatoms. The van der Waals surface area contributed by atoms with Crippen molar-refractivity contribution in [3.05, 3.63) is 65.6 Å². The smallest absolute Gasteiger partial charge is 0.191 e. The summed E-state index contributed by atoms with van der Waals surface area (Å²) in [7, 11) is 3.99. The molecule has 1 aromatic carbocycles. The van der Waals surface area contributed by atoms with Crippen LogP contribution < -0.4 is 10.6 Å². The van der Waals surface area contributed by atoms with Crippen LogP contribution in [0.25, 0.3) is 5.65 Å². The van der Waals surface area contributed by atoms with Crippen molar-refractivity contribution >= 4 is 11.6 Å². The average Bonchev–Trinajstić information content (AvgIpc) is 3.10. The highest BCUT2D eigenvalue weighted by atomic mass is 15.3. The van der Waals surface area contributed by atoms with Crippen molar-refractivity contribution in [1.82, 2.24) is 35.0 Å². The number of rotatable bonds is 6. The van der Waals surface area contributed by atoms with Gasteiger partial charge in [0.05, 0.1) is 6.54 Å². The molecule has 1 fully saturated rings. The van der Waals surface area contributed by atoms with Crippen LogP contribution in [0.4, 0.5) is 0 Å². The summed E-state index contributed by atoms with van der Waals surface area (Å²) in [5.41, 5.74) is 3.44. The molecule has 164 valence electrons. The first kappa shape index (κ1) is 21.3. The minimum atomic E-state index is 0.550. The molecule has 4 rings (SSSR count). The van der Waals surface area contributed by atoms with E-state index in [1.807, 2.05) is 28.8 Å². The number of guanidine groups is 1. The van der Waals surface area contributed by atoms with Gasteiger partial charge in [-0.3, -0.25) is 14.3 Å². The number of likely N-dealkylation sites (N-methyl/N-ethyl adjacent to an activating group) is 1. The molecule has 1 saturated heterocycles. The lowest BCUT2D eigenvalue weighted by molar-refractivity contribution is 0.269. The zero-order valence-corrected chi connectivity index (χ0v) is 18.5. The maximum Gasteiger partial charge on any atom is 0.191 e. The summed E-state index contributed by atoms with van der Waals surface area (Å²) in [5, 5.41) is 15.1. The highest BCUT2D eigenvalue weighted by molar-refractivity contribution is 5.79. The number of nitrogens with zero attached hydrogens (tertiary/aromatic N) is 6. The minimum absolute atomic E-state index is 0.550. The van der Waals surface area contributed by atoms with Crippen LogP contribution in [0.2, 0.25) is 0 Å². The number of aromatic nitrogens is 3. The van der Waals surface area contributed by atoms with E-state index in [9.17, 15) is 0 Å². The quantitative estimate of drug-likeness (QED) is 0.467. The van der Waals surface area contributed by atoms with E-state index in [2.05, 4.69) is 66.9 Å². The molecule has 2 N–H and O–H groups in total. The van der Waals surface area contributed by atoms with E-state index in [-0.39, 0.29) is 0 Å². The van der Waals surface area contributed by atoms with Crippen LogP contribution in [0.5, 0.6) is 0 Å². The lowest BCUT2D eigenvalue weighted by atomic mass is 10.1. The van der Waals surface area contributed by atoms with Crippen LogP contribution >= 0.6 is 0 Å². The van der Waals surface area contributed by atoms with Crippen LogP contribution in [0.1, 0.15) is 23.4 Å². The van der Waals surface area contributed by atoms with Crippen LogP contribution in [-0.2, 0) is 19.6 Å². The van der Waals surface area contributed by atoms with Crippen molar-refractivity contribution in [3.63, 3.8) is 0 Å². The summed E-state index contributed by atoms with van der Waals surface area (Å²) < 4.78 is 1.97. The van der Waals surface area contributed by atoms with Gasteiger partial charge >= 0.3 is 0 Å². The second-order valence-electron chi connectivity index (χ2n) is 8.07. The molecule has 2 aromatic heterocycles. The summed E-state index contributed by atoms with van der Waals surface area (Å²) >= 11 is 0. The van der Waals surface area contributed by atoms with E-state index in [0.29, 0.717) is 6.54 Å². The van der Waals surface area contributed by atoms with Gasteiger partial charge in [-0.05, 0) is 49.8 Å². The Kier molecular flexibility index (Phi) is 7.11. The molecule has 0 spiro atoms. The Labute approximate surface area is 184 Å². The Morgan fingerprint density at radius 2 is 1.74 bits per heavy atom. The Morgan fingerprint density at radius 1 is 0.935 bits per heavy atom. The van der Waals surface area contributed by atoms with Crippen molar-refractivity contribution in [2.24, 2.45) is 4.99 Å². The Balaban J connectivity index is 1.26. The fourth-order valence-electron chi connectivity index (χ4n) is 3.86. The zero-order chi connectivity index (χ0) is 21.5. The maximum absolute atomic E-state index is 4.32. The fourth-order valence-corrected chi connectivity index (χ4v) is 3.86. The van der Waals surface area contributed by atoms with Gasteiger partial charge in [0.2, 0.25) is 0 Å². The first-order valence-electron chi connectivity index (χ1n) is 10.9. The molecule has 0 saturated carbocycles. The molecule has 1 aliphatic rings. The Hall–Kier alpha value is -2.97. The van der Waals surface area contributed by atoms with Crippen LogP contribution in [-0.4, -0.2) is 70.6 Å². The van der Waals surface area contributed by atoms with Crippen molar-refractivity contribution < 1.29 is 0 Å². The van der Waals surface area contributed by atoms with Gasteiger partial charge in [-0.25, -0.2) is 0 Å². The fraction of sp³-hybridized carbons (Fsp3) is 0.435.